The van der Waals surface area contributed by atoms with E-state index in [1.165, 1.54) is 0 Å². The largest absolute Gasteiger partial charge is 0.494 e. The van der Waals surface area contributed by atoms with Crippen molar-refractivity contribution in [3.05, 3.63) is 29.8 Å². The lowest BCUT2D eigenvalue weighted by Gasteiger charge is -2.23. The fraction of sp³-hybridized carbons (Fsp3) is 0.533. The molecule has 0 amide bonds. The zero-order valence-corrected chi connectivity index (χ0v) is 11.8. The number of ether oxygens (including phenoxy) is 2. The first kappa shape index (κ1) is 14.6. The Morgan fingerprint density at radius 2 is 1.89 bits per heavy atom. The predicted molar refractivity (Wildman–Crippen MR) is 71.9 cm³/mol. The second kappa shape index (κ2) is 5.89. The molecule has 0 aliphatic carbocycles. The van der Waals surface area contributed by atoms with Crippen LogP contribution in [0.3, 0.4) is 0 Å². The van der Waals surface area contributed by atoms with Crippen LogP contribution in [0.15, 0.2) is 24.3 Å². The second-order valence-electron chi connectivity index (χ2n) is 5.23. The average molecular weight is 250 g/mol. The highest BCUT2D eigenvalue weighted by atomic mass is 16.6. The predicted octanol–water partition coefficient (Wildman–Crippen LogP) is 3.53. The SMILES string of the molecule is CCOc1ccccc1C(C)C(=O)OC(C)(C)C. The van der Waals surface area contributed by atoms with Crippen molar-refractivity contribution in [2.24, 2.45) is 0 Å². The minimum atomic E-state index is -0.466. The van der Waals surface area contributed by atoms with Gasteiger partial charge in [-0.15, -0.1) is 0 Å². The standard InChI is InChI=1S/C15H22O3/c1-6-17-13-10-8-7-9-12(13)11(2)14(16)18-15(3,4)5/h7-11H,6H2,1-5H3. The molecular weight excluding hydrogens is 228 g/mol. The highest BCUT2D eigenvalue weighted by Gasteiger charge is 2.24. The highest BCUT2D eigenvalue weighted by Crippen LogP contribution is 2.28. The molecule has 100 valence electrons. The molecule has 0 spiro atoms. The van der Waals surface area contributed by atoms with Gasteiger partial charge in [0.2, 0.25) is 0 Å². The van der Waals surface area contributed by atoms with Gasteiger partial charge in [-0.05, 0) is 40.7 Å². The van der Waals surface area contributed by atoms with Crippen LogP contribution >= 0.6 is 0 Å². The number of hydrogen-bond donors (Lipinski definition) is 0. The van der Waals surface area contributed by atoms with Crippen molar-refractivity contribution in [3.8, 4) is 5.75 Å². The van der Waals surface area contributed by atoms with Crippen molar-refractivity contribution in [2.75, 3.05) is 6.61 Å². The highest BCUT2D eigenvalue weighted by molar-refractivity contribution is 5.79. The van der Waals surface area contributed by atoms with E-state index in [-0.39, 0.29) is 11.9 Å². The minimum absolute atomic E-state index is 0.227. The van der Waals surface area contributed by atoms with Gasteiger partial charge in [0.25, 0.3) is 0 Å². The monoisotopic (exact) mass is 250 g/mol. The molecule has 0 aromatic heterocycles. The summed E-state index contributed by atoms with van der Waals surface area (Å²) < 4.78 is 10.9. The van der Waals surface area contributed by atoms with Crippen molar-refractivity contribution < 1.29 is 14.3 Å². The lowest BCUT2D eigenvalue weighted by molar-refractivity contribution is -0.156. The molecule has 0 radical (unpaired) electrons. The normalized spacial score (nSPS) is 12.9. The van der Waals surface area contributed by atoms with Crippen LogP contribution in [0.4, 0.5) is 0 Å². The maximum absolute atomic E-state index is 12.0. The summed E-state index contributed by atoms with van der Waals surface area (Å²) in [7, 11) is 0. The van der Waals surface area contributed by atoms with E-state index in [4.69, 9.17) is 9.47 Å². The summed E-state index contributed by atoms with van der Waals surface area (Å²) in [5, 5.41) is 0. The Bertz CT molecular complexity index is 404. The van der Waals surface area contributed by atoms with Crippen LogP contribution in [0.1, 0.15) is 46.1 Å². The number of rotatable bonds is 4. The molecule has 0 N–H and O–H groups in total. The van der Waals surface area contributed by atoms with Crippen molar-refractivity contribution in [1.82, 2.24) is 0 Å². The Morgan fingerprint density at radius 1 is 1.28 bits per heavy atom. The molecule has 1 rings (SSSR count). The molecule has 0 fully saturated rings. The fourth-order valence-electron chi connectivity index (χ4n) is 1.64. The Morgan fingerprint density at radius 3 is 2.44 bits per heavy atom. The summed E-state index contributed by atoms with van der Waals surface area (Å²) in [6.45, 7) is 9.95. The molecule has 0 saturated carbocycles. The molecule has 1 atom stereocenters. The maximum atomic E-state index is 12.0. The van der Waals surface area contributed by atoms with Crippen molar-refractivity contribution >= 4 is 5.97 Å². The minimum Gasteiger partial charge on any atom is -0.494 e. The van der Waals surface area contributed by atoms with E-state index < -0.39 is 5.60 Å². The summed E-state index contributed by atoms with van der Waals surface area (Å²) in [6, 6.07) is 7.58. The van der Waals surface area contributed by atoms with Gasteiger partial charge in [0.15, 0.2) is 0 Å². The van der Waals surface area contributed by atoms with E-state index in [1.807, 2.05) is 58.9 Å². The van der Waals surface area contributed by atoms with Crippen molar-refractivity contribution in [2.45, 2.75) is 46.1 Å². The first-order valence-corrected chi connectivity index (χ1v) is 6.29. The number of hydrogen-bond acceptors (Lipinski definition) is 3. The third kappa shape index (κ3) is 4.06. The molecule has 18 heavy (non-hydrogen) atoms. The lowest BCUT2D eigenvalue weighted by Crippen LogP contribution is -2.27. The summed E-state index contributed by atoms with van der Waals surface area (Å²) in [4.78, 5) is 12.0. The van der Waals surface area contributed by atoms with Crippen LogP contribution in [-0.4, -0.2) is 18.2 Å². The third-order valence-corrected chi connectivity index (χ3v) is 2.45. The van der Waals surface area contributed by atoms with Gasteiger partial charge in [-0.25, -0.2) is 0 Å². The van der Waals surface area contributed by atoms with Gasteiger partial charge in [0.1, 0.15) is 11.4 Å². The molecule has 0 saturated heterocycles. The molecule has 0 bridgehead atoms. The number of esters is 1. The van der Waals surface area contributed by atoms with E-state index in [1.54, 1.807) is 0 Å². The third-order valence-electron chi connectivity index (χ3n) is 2.45. The van der Waals surface area contributed by atoms with E-state index in [9.17, 15) is 4.79 Å². The van der Waals surface area contributed by atoms with Crippen LogP contribution < -0.4 is 4.74 Å². The van der Waals surface area contributed by atoms with Gasteiger partial charge in [0, 0.05) is 5.56 Å². The molecule has 1 unspecified atom stereocenters. The molecule has 0 heterocycles. The van der Waals surface area contributed by atoms with E-state index in [0.717, 1.165) is 11.3 Å². The quantitative estimate of drug-likeness (QED) is 0.767. The average Bonchev–Trinajstić information content (AvgIpc) is 2.27. The topological polar surface area (TPSA) is 35.5 Å². The Labute approximate surface area is 109 Å². The molecule has 0 aliphatic heterocycles. The molecule has 3 heteroatoms. The van der Waals surface area contributed by atoms with Crippen LogP contribution in [0.25, 0.3) is 0 Å². The molecule has 0 aliphatic rings. The Balaban J connectivity index is 2.89. The summed E-state index contributed by atoms with van der Waals surface area (Å²) in [5.74, 6) is 0.194. The van der Waals surface area contributed by atoms with Crippen LogP contribution in [0.2, 0.25) is 0 Å². The zero-order chi connectivity index (χ0) is 13.8. The number of carbonyl (C=O) groups excluding carboxylic acids is 1. The summed E-state index contributed by atoms with van der Waals surface area (Å²) in [6.07, 6.45) is 0. The summed E-state index contributed by atoms with van der Waals surface area (Å²) >= 11 is 0. The Hall–Kier alpha value is -1.51. The molecule has 1 aromatic rings. The van der Waals surface area contributed by atoms with Crippen molar-refractivity contribution in [3.63, 3.8) is 0 Å². The van der Waals surface area contributed by atoms with Crippen LogP contribution in [0.5, 0.6) is 5.75 Å². The van der Waals surface area contributed by atoms with Gasteiger partial charge in [-0.3, -0.25) is 4.79 Å². The van der Waals surface area contributed by atoms with E-state index in [2.05, 4.69) is 0 Å². The zero-order valence-electron chi connectivity index (χ0n) is 11.8. The number of benzene rings is 1. The van der Waals surface area contributed by atoms with Crippen LogP contribution in [-0.2, 0) is 9.53 Å². The Kier molecular flexibility index (Phi) is 4.76. The second-order valence-corrected chi connectivity index (χ2v) is 5.23. The fourth-order valence-corrected chi connectivity index (χ4v) is 1.64. The lowest BCUT2D eigenvalue weighted by atomic mass is 10.00. The van der Waals surface area contributed by atoms with Crippen LogP contribution in [0, 0.1) is 0 Å². The van der Waals surface area contributed by atoms with E-state index >= 15 is 0 Å². The smallest absolute Gasteiger partial charge is 0.313 e. The van der Waals surface area contributed by atoms with E-state index in [0.29, 0.717) is 6.61 Å². The first-order valence-electron chi connectivity index (χ1n) is 6.29. The van der Waals surface area contributed by atoms with Gasteiger partial charge < -0.3 is 9.47 Å². The number of para-hydroxylation sites is 1. The maximum Gasteiger partial charge on any atom is 0.313 e. The van der Waals surface area contributed by atoms with Gasteiger partial charge >= 0.3 is 5.97 Å². The summed E-state index contributed by atoms with van der Waals surface area (Å²) in [5.41, 5.74) is 0.403. The van der Waals surface area contributed by atoms with Gasteiger partial charge in [-0.2, -0.15) is 0 Å². The van der Waals surface area contributed by atoms with Gasteiger partial charge in [0.05, 0.1) is 12.5 Å². The molecule has 1 aromatic carbocycles. The van der Waals surface area contributed by atoms with Crippen molar-refractivity contribution in [1.29, 1.82) is 0 Å². The first-order chi connectivity index (χ1) is 8.35. The van der Waals surface area contributed by atoms with Gasteiger partial charge in [-0.1, -0.05) is 18.2 Å². The molecule has 3 nitrogen and oxygen atoms in total. The number of carbonyl (C=O) groups is 1. The molecular formula is C15H22O3.